The first kappa shape index (κ1) is 24.1. The number of hydrogen-bond donors (Lipinski definition) is 2. The molecule has 1 fully saturated rings. The fourth-order valence-electron chi connectivity index (χ4n) is 3.55. The Morgan fingerprint density at radius 3 is 2.29 bits per heavy atom. The third kappa shape index (κ3) is 5.70. The van der Waals surface area contributed by atoms with Gasteiger partial charge in [0.25, 0.3) is 15.9 Å². The molecule has 0 radical (unpaired) electrons. The van der Waals surface area contributed by atoms with Gasteiger partial charge in [-0.15, -0.1) is 0 Å². The number of anilines is 2. The fraction of sp³-hybridized carbons (Fsp3) is 0.167. The standard InChI is InChI=1S/C24H21Cl2N3O4S/c25-18-7-12-22(21(26)14-18)28-34(32,33)20-10-8-19(9-11-20)27-24(31)17-5-3-16(4-6-17)15-29-13-1-2-23(29)30/h3-12,14,28H,1-2,13,15H2,(H,27,31). The number of amides is 2. The van der Waals surface area contributed by atoms with E-state index in [4.69, 9.17) is 23.2 Å². The molecule has 0 aromatic heterocycles. The average molecular weight is 518 g/mol. The van der Waals surface area contributed by atoms with E-state index < -0.39 is 10.0 Å². The van der Waals surface area contributed by atoms with E-state index in [1.807, 2.05) is 12.1 Å². The van der Waals surface area contributed by atoms with Gasteiger partial charge in [-0.2, -0.15) is 0 Å². The minimum Gasteiger partial charge on any atom is -0.338 e. The molecule has 2 N–H and O–H groups in total. The van der Waals surface area contributed by atoms with Gasteiger partial charge in [-0.1, -0.05) is 35.3 Å². The van der Waals surface area contributed by atoms with Crippen LogP contribution in [0, 0.1) is 0 Å². The Kier molecular flexibility index (Phi) is 7.11. The monoisotopic (exact) mass is 517 g/mol. The average Bonchev–Trinajstić information content (AvgIpc) is 3.21. The van der Waals surface area contributed by atoms with Crippen LogP contribution in [-0.4, -0.2) is 31.7 Å². The van der Waals surface area contributed by atoms with Crippen LogP contribution in [0.4, 0.5) is 11.4 Å². The highest BCUT2D eigenvalue weighted by Crippen LogP contribution is 2.28. The molecule has 0 saturated carbocycles. The van der Waals surface area contributed by atoms with Gasteiger partial charge in [-0.3, -0.25) is 14.3 Å². The Bertz CT molecular complexity index is 1330. The minimum absolute atomic E-state index is 0.0114. The van der Waals surface area contributed by atoms with Gasteiger partial charge < -0.3 is 10.2 Å². The first-order valence-electron chi connectivity index (χ1n) is 10.5. The molecule has 0 bridgehead atoms. The number of sulfonamides is 1. The molecule has 0 atom stereocenters. The van der Waals surface area contributed by atoms with Crippen LogP contribution in [0.25, 0.3) is 0 Å². The van der Waals surface area contributed by atoms with Crippen LogP contribution in [0.15, 0.2) is 71.6 Å². The highest BCUT2D eigenvalue weighted by atomic mass is 35.5. The van der Waals surface area contributed by atoms with Crippen molar-refractivity contribution in [2.75, 3.05) is 16.6 Å². The maximum Gasteiger partial charge on any atom is 0.261 e. The summed E-state index contributed by atoms with van der Waals surface area (Å²) in [5.74, 6) is -0.177. The van der Waals surface area contributed by atoms with E-state index in [1.54, 1.807) is 17.0 Å². The van der Waals surface area contributed by atoms with Crippen LogP contribution in [0.1, 0.15) is 28.8 Å². The van der Waals surface area contributed by atoms with Crippen molar-refractivity contribution in [1.82, 2.24) is 4.90 Å². The maximum absolute atomic E-state index is 12.7. The lowest BCUT2D eigenvalue weighted by Gasteiger charge is -2.15. The molecule has 3 aromatic carbocycles. The van der Waals surface area contributed by atoms with Crippen molar-refractivity contribution in [2.45, 2.75) is 24.3 Å². The van der Waals surface area contributed by atoms with Gasteiger partial charge >= 0.3 is 0 Å². The van der Waals surface area contributed by atoms with Crippen LogP contribution in [0.2, 0.25) is 10.0 Å². The van der Waals surface area contributed by atoms with Crippen molar-refractivity contribution in [3.05, 3.63) is 87.9 Å². The second kappa shape index (κ2) is 10.0. The zero-order chi connectivity index (χ0) is 24.3. The Hall–Kier alpha value is -3.07. The Labute approximate surface area is 207 Å². The largest absolute Gasteiger partial charge is 0.338 e. The number of benzene rings is 3. The van der Waals surface area contributed by atoms with Gasteiger partial charge in [0.1, 0.15) is 0 Å². The lowest BCUT2D eigenvalue weighted by atomic mass is 10.1. The van der Waals surface area contributed by atoms with Gasteiger partial charge in [0.15, 0.2) is 0 Å². The molecule has 1 aliphatic rings. The number of rotatable bonds is 7. The molecule has 176 valence electrons. The van der Waals surface area contributed by atoms with Crippen molar-refractivity contribution in [2.24, 2.45) is 0 Å². The predicted molar refractivity (Wildman–Crippen MR) is 133 cm³/mol. The van der Waals surface area contributed by atoms with E-state index in [-0.39, 0.29) is 27.4 Å². The van der Waals surface area contributed by atoms with Crippen LogP contribution in [-0.2, 0) is 21.4 Å². The Balaban J connectivity index is 1.39. The Morgan fingerprint density at radius 1 is 0.971 bits per heavy atom. The number of likely N-dealkylation sites (tertiary alicyclic amines) is 1. The van der Waals surface area contributed by atoms with Gasteiger partial charge in [0.2, 0.25) is 5.91 Å². The molecular weight excluding hydrogens is 497 g/mol. The zero-order valence-electron chi connectivity index (χ0n) is 17.9. The quantitative estimate of drug-likeness (QED) is 0.451. The summed E-state index contributed by atoms with van der Waals surface area (Å²) in [6.45, 7) is 1.29. The second-order valence-corrected chi connectivity index (χ2v) is 10.3. The normalized spacial score (nSPS) is 13.7. The first-order chi connectivity index (χ1) is 16.2. The summed E-state index contributed by atoms with van der Waals surface area (Å²) >= 11 is 11.9. The van der Waals surface area contributed by atoms with Gasteiger partial charge in [0, 0.05) is 35.8 Å². The summed E-state index contributed by atoms with van der Waals surface area (Å²) in [6, 6.07) is 17.3. The predicted octanol–water partition coefficient (Wildman–Crippen LogP) is 5.17. The van der Waals surface area contributed by atoms with E-state index in [1.165, 1.54) is 42.5 Å². The molecule has 1 heterocycles. The van der Waals surface area contributed by atoms with Crippen LogP contribution in [0.3, 0.4) is 0 Å². The molecule has 4 rings (SSSR count). The summed E-state index contributed by atoms with van der Waals surface area (Å²) in [5, 5.41) is 3.32. The van der Waals surface area contributed by atoms with E-state index in [0.717, 1.165) is 18.5 Å². The molecule has 10 heteroatoms. The Morgan fingerprint density at radius 2 is 1.68 bits per heavy atom. The van der Waals surface area contributed by atoms with Crippen LogP contribution < -0.4 is 10.0 Å². The van der Waals surface area contributed by atoms with Gasteiger partial charge in [-0.25, -0.2) is 8.42 Å². The fourth-order valence-corrected chi connectivity index (χ4v) is 5.14. The van der Waals surface area contributed by atoms with Crippen molar-refractivity contribution in [3.63, 3.8) is 0 Å². The summed E-state index contributed by atoms with van der Waals surface area (Å²) in [5.41, 5.74) is 2.06. The number of carbonyl (C=O) groups is 2. The lowest BCUT2D eigenvalue weighted by molar-refractivity contribution is -0.128. The molecule has 3 aromatic rings. The highest BCUT2D eigenvalue weighted by Gasteiger charge is 2.20. The molecule has 0 spiro atoms. The molecule has 34 heavy (non-hydrogen) atoms. The number of nitrogens with one attached hydrogen (secondary N) is 2. The number of nitrogens with zero attached hydrogens (tertiary/aromatic N) is 1. The molecule has 0 aliphatic carbocycles. The van der Waals surface area contributed by atoms with E-state index in [2.05, 4.69) is 10.0 Å². The van der Waals surface area contributed by atoms with E-state index in [0.29, 0.717) is 29.2 Å². The molecule has 1 aliphatic heterocycles. The third-order valence-electron chi connectivity index (χ3n) is 5.36. The molecule has 2 amide bonds. The maximum atomic E-state index is 12.7. The van der Waals surface area contributed by atoms with Crippen molar-refractivity contribution < 1.29 is 18.0 Å². The van der Waals surface area contributed by atoms with E-state index >= 15 is 0 Å². The first-order valence-corrected chi connectivity index (χ1v) is 12.7. The van der Waals surface area contributed by atoms with Crippen LogP contribution >= 0.6 is 23.2 Å². The molecule has 7 nitrogen and oxygen atoms in total. The van der Waals surface area contributed by atoms with Gasteiger partial charge in [0.05, 0.1) is 15.6 Å². The van der Waals surface area contributed by atoms with Crippen LogP contribution in [0.5, 0.6) is 0 Å². The zero-order valence-corrected chi connectivity index (χ0v) is 20.3. The summed E-state index contributed by atoms with van der Waals surface area (Å²) in [6.07, 6.45) is 1.47. The van der Waals surface area contributed by atoms with Crippen molar-refractivity contribution in [1.29, 1.82) is 0 Å². The third-order valence-corrected chi connectivity index (χ3v) is 7.29. The van der Waals surface area contributed by atoms with Crippen molar-refractivity contribution in [3.8, 4) is 0 Å². The highest BCUT2D eigenvalue weighted by molar-refractivity contribution is 7.92. The molecule has 1 saturated heterocycles. The summed E-state index contributed by atoms with van der Waals surface area (Å²) in [7, 11) is -3.88. The minimum atomic E-state index is -3.88. The lowest BCUT2D eigenvalue weighted by Crippen LogP contribution is -2.23. The number of carbonyl (C=O) groups excluding carboxylic acids is 2. The van der Waals surface area contributed by atoms with Crippen molar-refractivity contribution >= 4 is 56.4 Å². The summed E-state index contributed by atoms with van der Waals surface area (Å²) in [4.78, 5) is 26.2. The smallest absolute Gasteiger partial charge is 0.261 e. The molecular formula is C24H21Cl2N3O4S. The summed E-state index contributed by atoms with van der Waals surface area (Å²) < 4.78 is 27.7. The SMILES string of the molecule is O=C(Nc1ccc(S(=O)(=O)Nc2ccc(Cl)cc2Cl)cc1)c1ccc(CN2CCCC2=O)cc1. The van der Waals surface area contributed by atoms with Gasteiger partial charge in [-0.05, 0) is 66.6 Å². The molecule has 0 unspecified atom stereocenters. The topological polar surface area (TPSA) is 95.6 Å². The number of hydrogen-bond acceptors (Lipinski definition) is 4. The second-order valence-electron chi connectivity index (χ2n) is 7.82. The van der Waals surface area contributed by atoms with E-state index in [9.17, 15) is 18.0 Å². The number of halogens is 2.